The quantitative estimate of drug-likeness (QED) is 0.723. The second-order valence-corrected chi connectivity index (χ2v) is 5.83. The van der Waals surface area contributed by atoms with Crippen LogP contribution in [-0.2, 0) is 24.1 Å². The van der Waals surface area contributed by atoms with Crippen molar-refractivity contribution in [1.82, 2.24) is 10.3 Å². The number of pyridine rings is 1. The van der Waals surface area contributed by atoms with E-state index in [9.17, 15) is 0 Å². The molecule has 4 nitrogen and oxygen atoms in total. The third-order valence-corrected chi connectivity index (χ3v) is 4.23. The first kappa shape index (κ1) is 16.4. The summed E-state index contributed by atoms with van der Waals surface area (Å²) in [6.07, 6.45) is 6.67. The highest BCUT2D eigenvalue weighted by atomic mass is 16.5. The number of aryl methyl sites for hydroxylation is 2. The Balaban J connectivity index is 2.09. The number of hydrogen-bond donors (Lipinski definition) is 2. The highest BCUT2D eigenvalue weighted by molar-refractivity contribution is 5.33. The minimum absolute atomic E-state index is 0.0338. The number of hydrogen-bond acceptors (Lipinski definition) is 4. The minimum Gasteiger partial charge on any atom is -0.396 e. The second kappa shape index (κ2) is 8.47. The van der Waals surface area contributed by atoms with E-state index in [4.69, 9.17) is 14.8 Å². The number of aliphatic hydroxyl groups excluding tert-OH is 1. The zero-order valence-corrected chi connectivity index (χ0v) is 13.3. The van der Waals surface area contributed by atoms with Crippen molar-refractivity contribution in [2.75, 3.05) is 20.3 Å². The Morgan fingerprint density at radius 1 is 1.33 bits per heavy atom. The molecule has 21 heavy (non-hydrogen) atoms. The van der Waals surface area contributed by atoms with E-state index in [0.29, 0.717) is 0 Å². The van der Waals surface area contributed by atoms with Crippen molar-refractivity contribution < 1.29 is 9.84 Å². The first-order valence-electron chi connectivity index (χ1n) is 8.12. The maximum absolute atomic E-state index is 8.81. The summed E-state index contributed by atoms with van der Waals surface area (Å²) >= 11 is 0. The van der Waals surface area contributed by atoms with Gasteiger partial charge in [-0.25, -0.2) is 0 Å². The van der Waals surface area contributed by atoms with E-state index in [0.717, 1.165) is 44.5 Å². The van der Waals surface area contributed by atoms with Crippen LogP contribution in [0.5, 0.6) is 0 Å². The molecule has 1 aliphatic carbocycles. The normalized spacial score (nSPS) is 15.8. The standard InChI is InChI=1S/C17H28N2O2/c1-13(21-2)17-15(12-18-9-5-6-10-20)11-14-7-3-4-8-16(14)19-17/h11,13,18,20H,3-10,12H2,1-2H3. The molecular formula is C17H28N2O2. The van der Waals surface area contributed by atoms with Crippen LogP contribution in [0, 0.1) is 0 Å². The monoisotopic (exact) mass is 292 g/mol. The van der Waals surface area contributed by atoms with Gasteiger partial charge in [-0.1, -0.05) is 6.07 Å². The number of methoxy groups -OCH3 is 1. The molecule has 1 atom stereocenters. The predicted molar refractivity (Wildman–Crippen MR) is 84.3 cm³/mol. The number of fused-ring (bicyclic) bond motifs is 1. The first-order chi connectivity index (χ1) is 10.3. The summed E-state index contributed by atoms with van der Waals surface area (Å²) in [5, 5.41) is 12.3. The number of aliphatic hydroxyl groups is 1. The van der Waals surface area contributed by atoms with Crippen molar-refractivity contribution >= 4 is 0 Å². The molecule has 1 aromatic rings. The van der Waals surface area contributed by atoms with Crippen LogP contribution in [-0.4, -0.2) is 30.4 Å². The van der Waals surface area contributed by atoms with Crippen LogP contribution >= 0.6 is 0 Å². The van der Waals surface area contributed by atoms with Gasteiger partial charge in [0.25, 0.3) is 0 Å². The molecule has 0 saturated heterocycles. The molecule has 0 radical (unpaired) electrons. The Kier molecular flexibility index (Phi) is 6.61. The number of unbranched alkanes of at least 4 members (excludes halogenated alkanes) is 1. The van der Waals surface area contributed by atoms with Gasteiger partial charge in [0.05, 0.1) is 11.8 Å². The zero-order chi connectivity index (χ0) is 15.1. The molecule has 1 heterocycles. The lowest BCUT2D eigenvalue weighted by atomic mass is 9.93. The highest BCUT2D eigenvalue weighted by Gasteiger charge is 2.18. The van der Waals surface area contributed by atoms with E-state index in [1.807, 2.05) is 0 Å². The highest BCUT2D eigenvalue weighted by Crippen LogP contribution is 2.26. The van der Waals surface area contributed by atoms with Crippen LogP contribution < -0.4 is 5.32 Å². The number of nitrogens with one attached hydrogen (secondary N) is 1. The summed E-state index contributed by atoms with van der Waals surface area (Å²) in [4.78, 5) is 4.89. The molecule has 2 N–H and O–H groups in total. The first-order valence-corrected chi connectivity index (χ1v) is 8.12. The van der Waals surface area contributed by atoms with Crippen molar-refractivity contribution in [2.24, 2.45) is 0 Å². The summed E-state index contributed by atoms with van der Waals surface area (Å²) in [6, 6.07) is 2.32. The number of aromatic nitrogens is 1. The summed E-state index contributed by atoms with van der Waals surface area (Å²) in [7, 11) is 1.74. The van der Waals surface area contributed by atoms with Crippen LogP contribution in [0.15, 0.2) is 6.07 Å². The summed E-state index contributed by atoms with van der Waals surface area (Å²) < 4.78 is 5.49. The van der Waals surface area contributed by atoms with Gasteiger partial charge in [-0.2, -0.15) is 0 Å². The Morgan fingerprint density at radius 3 is 2.90 bits per heavy atom. The number of ether oxygens (including phenoxy) is 1. The maximum Gasteiger partial charge on any atom is 0.0966 e. The molecule has 0 aromatic carbocycles. The third-order valence-electron chi connectivity index (χ3n) is 4.23. The Hall–Kier alpha value is -0.970. The summed E-state index contributed by atoms with van der Waals surface area (Å²) in [6.45, 7) is 4.09. The Labute approximate surface area is 127 Å². The number of rotatable bonds is 8. The molecule has 0 saturated carbocycles. The van der Waals surface area contributed by atoms with E-state index >= 15 is 0 Å². The van der Waals surface area contributed by atoms with E-state index in [1.165, 1.54) is 29.7 Å². The van der Waals surface area contributed by atoms with Gasteiger partial charge in [-0.3, -0.25) is 4.98 Å². The number of nitrogens with zero attached hydrogens (tertiary/aromatic N) is 1. The SMILES string of the molecule is COC(C)c1nc2c(cc1CNCCCCO)CCCC2. The average Bonchev–Trinajstić information content (AvgIpc) is 2.53. The molecule has 0 aliphatic heterocycles. The van der Waals surface area contributed by atoms with Gasteiger partial charge in [0.15, 0.2) is 0 Å². The lowest BCUT2D eigenvalue weighted by Crippen LogP contribution is -2.19. The molecule has 0 fully saturated rings. The van der Waals surface area contributed by atoms with Crippen LogP contribution in [0.4, 0.5) is 0 Å². The van der Waals surface area contributed by atoms with Gasteiger partial charge >= 0.3 is 0 Å². The molecule has 0 amide bonds. The van der Waals surface area contributed by atoms with E-state index in [-0.39, 0.29) is 12.7 Å². The fraction of sp³-hybridized carbons (Fsp3) is 0.706. The van der Waals surface area contributed by atoms with Crippen LogP contribution in [0.1, 0.15) is 61.2 Å². The molecule has 4 heteroatoms. The van der Waals surface area contributed by atoms with Gasteiger partial charge < -0.3 is 15.2 Å². The molecule has 0 bridgehead atoms. The minimum atomic E-state index is 0.0338. The summed E-state index contributed by atoms with van der Waals surface area (Å²) in [5.74, 6) is 0. The molecule has 118 valence electrons. The van der Waals surface area contributed by atoms with Crippen molar-refractivity contribution in [1.29, 1.82) is 0 Å². The molecule has 0 spiro atoms. The van der Waals surface area contributed by atoms with Crippen molar-refractivity contribution in [3.63, 3.8) is 0 Å². The van der Waals surface area contributed by atoms with Gasteiger partial charge in [0, 0.05) is 26.0 Å². The molecule has 1 aromatic heterocycles. The molecule has 2 rings (SSSR count). The Bertz CT molecular complexity index is 449. The Morgan fingerprint density at radius 2 is 2.14 bits per heavy atom. The van der Waals surface area contributed by atoms with E-state index in [1.54, 1.807) is 7.11 Å². The molecular weight excluding hydrogens is 264 g/mol. The topological polar surface area (TPSA) is 54.4 Å². The van der Waals surface area contributed by atoms with Crippen molar-refractivity contribution in [3.05, 3.63) is 28.6 Å². The molecule has 1 aliphatic rings. The lowest BCUT2D eigenvalue weighted by molar-refractivity contribution is 0.114. The second-order valence-electron chi connectivity index (χ2n) is 5.83. The lowest BCUT2D eigenvalue weighted by Gasteiger charge is -2.21. The maximum atomic E-state index is 8.81. The van der Waals surface area contributed by atoms with Crippen LogP contribution in [0.25, 0.3) is 0 Å². The van der Waals surface area contributed by atoms with Gasteiger partial charge in [-0.15, -0.1) is 0 Å². The van der Waals surface area contributed by atoms with Gasteiger partial charge in [-0.05, 0) is 63.1 Å². The fourth-order valence-electron chi connectivity index (χ4n) is 2.89. The van der Waals surface area contributed by atoms with Crippen LogP contribution in [0.2, 0.25) is 0 Å². The third kappa shape index (κ3) is 4.50. The van der Waals surface area contributed by atoms with Gasteiger partial charge in [0.2, 0.25) is 0 Å². The smallest absolute Gasteiger partial charge is 0.0966 e. The largest absolute Gasteiger partial charge is 0.396 e. The average molecular weight is 292 g/mol. The zero-order valence-electron chi connectivity index (χ0n) is 13.3. The van der Waals surface area contributed by atoms with E-state index < -0.39 is 0 Å². The predicted octanol–water partition coefficient (Wildman–Crippen LogP) is 2.53. The van der Waals surface area contributed by atoms with Crippen molar-refractivity contribution in [2.45, 2.75) is 58.1 Å². The fourth-order valence-corrected chi connectivity index (χ4v) is 2.89. The summed E-state index contributed by atoms with van der Waals surface area (Å²) in [5.41, 5.74) is 5.02. The molecule has 1 unspecified atom stereocenters. The van der Waals surface area contributed by atoms with Crippen LogP contribution in [0.3, 0.4) is 0 Å². The van der Waals surface area contributed by atoms with Gasteiger partial charge in [0.1, 0.15) is 0 Å². The van der Waals surface area contributed by atoms with Crippen molar-refractivity contribution in [3.8, 4) is 0 Å². The van der Waals surface area contributed by atoms with E-state index in [2.05, 4.69) is 18.3 Å².